The highest BCUT2D eigenvalue weighted by Gasteiger charge is 2.04. The van der Waals surface area contributed by atoms with Crippen LogP contribution in [0.1, 0.15) is 6.92 Å². The van der Waals surface area contributed by atoms with Crippen molar-refractivity contribution in [1.82, 2.24) is 0 Å². The third-order valence-corrected chi connectivity index (χ3v) is 2.18. The Kier molecular flexibility index (Phi) is 16.0. The molecule has 0 unspecified atom stereocenters. The Bertz CT molecular complexity index is 76.4. The lowest BCUT2D eigenvalue weighted by atomic mass is 10.8. The fourth-order valence-corrected chi connectivity index (χ4v) is 0.866. The molecular weight excluding hydrogens is 180 g/mol. The van der Waals surface area contributed by atoms with Crippen LogP contribution in [0, 0.1) is 0 Å². The second kappa shape index (κ2) is 12.8. The van der Waals surface area contributed by atoms with Gasteiger partial charge in [-0.25, -0.2) is 0 Å². The van der Waals surface area contributed by atoms with E-state index in [0.717, 1.165) is 0 Å². The Morgan fingerprint density at radius 2 is 1.36 bits per heavy atom. The lowest BCUT2D eigenvalue weighted by molar-refractivity contribution is 0.163. The van der Waals surface area contributed by atoms with Crippen molar-refractivity contribution >= 4 is 22.2 Å². The van der Waals surface area contributed by atoms with Crippen molar-refractivity contribution in [2.24, 2.45) is 0 Å². The highest BCUT2D eigenvalue weighted by molar-refractivity contribution is 7.83. The molecule has 0 aliphatic carbocycles. The summed E-state index contributed by atoms with van der Waals surface area (Å²) in [5.41, 5.74) is 0. The van der Waals surface area contributed by atoms with Gasteiger partial charge in [-0.2, -0.15) is 12.6 Å². The third kappa shape index (κ3) is 13.2. The van der Waals surface area contributed by atoms with E-state index in [4.69, 9.17) is 13.3 Å². The van der Waals surface area contributed by atoms with E-state index in [1.165, 1.54) is 0 Å². The van der Waals surface area contributed by atoms with Gasteiger partial charge in [-0.05, 0) is 12.3 Å². The highest BCUT2D eigenvalue weighted by atomic mass is 32.1. The Labute approximate surface area is 75.7 Å². The fourth-order valence-electron chi connectivity index (χ4n) is 0.289. The number of allylic oxidation sites excluding steroid dienone is 1. The quantitative estimate of drug-likeness (QED) is 0.541. The molecule has 3 nitrogen and oxygen atoms in total. The minimum atomic E-state index is -1.67. The van der Waals surface area contributed by atoms with Gasteiger partial charge in [0.15, 0.2) is 0 Å². The van der Waals surface area contributed by atoms with Crippen molar-refractivity contribution in [3.8, 4) is 0 Å². The molecule has 0 bridgehead atoms. The van der Waals surface area contributed by atoms with Crippen LogP contribution in [-0.2, 0) is 13.3 Å². The molecule has 68 valence electrons. The summed E-state index contributed by atoms with van der Waals surface area (Å²) < 4.78 is 14.2. The van der Waals surface area contributed by atoms with Crippen LogP contribution in [0.3, 0.4) is 0 Å². The van der Waals surface area contributed by atoms with Gasteiger partial charge in [0.1, 0.15) is 0 Å². The summed E-state index contributed by atoms with van der Waals surface area (Å²) in [6.07, 6.45) is 1.86. The molecule has 0 aromatic heterocycles. The Morgan fingerprint density at radius 1 is 1.09 bits per heavy atom. The first-order valence-electron chi connectivity index (χ1n) is 3.10. The average Bonchev–Trinajstić information content (AvgIpc) is 2.08. The van der Waals surface area contributed by atoms with Crippen LogP contribution in [0.4, 0.5) is 0 Å². The van der Waals surface area contributed by atoms with E-state index in [1.54, 1.807) is 26.7 Å². The first kappa shape index (κ1) is 13.8. The van der Waals surface area contributed by atoms with E-state index >= 15 is 0 Å². The first-order valence-corrected chi connectivity index (χ1v) is 5.03. The molecule has 0 radical (unpaired) electrons. The van der Waals surface area contributed by atoms with E-state index in [9.17, 15) is 0 Å². The molecule has 0 aromatic carbocycles. The minimum Gasteiger partial charge on any atom is -0.379 e. The monoisotopic (exact) mass is 196 g/mol. The number of rotatable bonds is 3. The Morgan fingerprint density at radius 3 is 1.36 bits per heavy atom. The smallest absolute Gasteiger partial charge is 0.379 e. The van der Waals surface area contributed by atoms with E-state index in [1.807, 2.05) is 13.0 Å². The standard InChI is InChI=1S/C3H10O3Si.C3H6S/c1-4-7(5-2)6-3;1-2-3-4/h7H,1-3H3;2-4H,1H3. The number of hydrogen-bond acceptors (Lipinski definition) is 4. The molecule has 0 aliphatic rings. The summed E-state index contributed by atoms with van der Waals surface area (Å²) in [6, 6.07) is 0. The summed E-state index contributed by atoms with van der Waals surface area (Å²) >= 11 is 3.74. The molecule has 0 saturated carbocycles. The van der Waals surface area contributed by atoms with Gasteiger partial charge in [0.25, 0.3) is 0 Å². The topological polar surface area (TPSA) is 27.7 Å². The second-order valence-electron chi connectivity index (χ2n) is 1.48. The van der Waals surface area contributed by atoms with Crippen molar-refractivity contribution in [3.63, 3.8) is 0 Å². The maximum Gasteiger partial charge on any atom is 0.483 e. The van der Waals surface area contributed by atoms with E-state index in [-0.39, 0.29) is 0 Å². The molecule has 0 amide bonds. The molecular formula is C6H16O3SSi. The second-order valence-corrected chi connectivity index (χ2v) is 3.77. The highest BCUT2D eigenvalue weighted by Crippen LogP contribution is 1.81. The summed E-state index contributed by atoms with van der Waals surface area (Å²) in [5.74, 6) is 0. The van der Waals surface area contributed by atoms with Gasteiger partial charge in [0.2, 0.25) is 0 Å². The predicted octanol–water partition coefficient (Wildman–Crippen LogP) is 1.09. The molecule has 0 atom stereocenters. The normalized spacial score (nSPS) is 10.0. The van der Waals surface area contributed by atoms with E-state index in [2.05, 4.69) is 12.6 Å². The van der Waals surface area contributed by atoms with Gasteiger partial charge >= 0.3 is 9.53 Å². The van der Waals surface area contributed by atoms with Gasteiger partial charge < -0.3 is 13.3 Å². The predicted molar refractivity (Wildman–Crippen MR) is 52.0 cm³/mol. The van der Waals surface area contributed by atoms with Crippen LogP contribution in [0.5, 0.6) is 0 Å². The maximum atomic E-state index is 4.74. The van der Waals surface area contributed by atoms with E-state index in [0.29, 0.717) is 0 Å². The molecule has 0 fully saturated rings. The Balaban J connectivity index is 0. The minimum absolute atomic E-state index is 1.57. The molecule has 11 heavy (non-hydrogen) atoms. The van der Waals surface area contributed by atoms with Crippen LogP contribution in [0.15, 0.2) is 11.5 Å². The molecule has 0 heterocycles. The van der Waals surface area contributed by atoms with Crippen molar-refractivity contribution in [2.45, 2.75) is 6.92 Å². The van der Waals surface area contributed by atoms with Gasteiger partial charge in [-0.3, -0.25) is 0 Å². The van der Waals surface area contributed by atoms with Crippen LogP contribution in [0.25, 0.3) is 0 Å². The van der Waals surface area contributed by atoms with E-state index < -0.39 is 9.53 Å². The van der Waals surface area contributed by atoms with Crippen LogP contribution < -0.4 is 0 Å². The van der Waals surface area contributed by atoms with Crippen molar-refractivity contribution in [2.75, 3.05) is 21.3 Å². The summed E-state index contributed by atoms with van der Waals surface area (Å²) in [7, 11) is 3.05. The van der Waals surface area contributed by atoms with Crippen molar-refractivity contribution < 1.29 is 13.3 Å². The van der Waals surface area contributed by atoms with Crippen LogP contribution in [-0.4, -0.2) is 30.9 Å². The molecule has 5 heteroatoms. The lowest BCUT2D eigenvalue weighted by Crippen LogP contribution is -2.21. The van der Waals surface area contributed by atoms with Gasteiger partial charge in [-0.15, -0.1) is 0 Å². The third-order valence-electron chi connectivity index (χ3n) is 0.726. The first-order chi connectivity index (χ1) is 5.26. The average molecular weight is 196 g/mol. The summed E-state index contributed by atoms with van der Waals surface area (Å²) in [4.78, 5) is 0. The van der Waals surface area contributed by atoms with Gasteiger partial charge in [0, 0.05) is 21.3 Å². The lowest BCUT2D eigenvalue weighted by Gasteiger charge is -2.05. The molecule has 0 rings (SSSR count). The zero-order chi connectivity index (χ0) is 9.11. The largest absolute Gasteiger partial charge is 0.483 e. The Hall–Kier alpha value is 0.187. The SMILES string of the molecule is CC=CS.CO[SiH](OC)OC. The zero-order valence-corrected chi connectivity index (χ0v) is 9.45. The van der Waals surface area contributed by atoms with Crippen LogP contribution in [0.2, 0.25) is 0 Å². The summed E-state index contributed by atoms with van der Waals surface area (Å²) in [5, 5.41) is 1.69. The summed E-state index contributed by atoms with van der Waals surface area (Å²) in [6.45, 7) is 1.92. The molecule has 0 aromatic rings. The molecule has 0 N–H and O–H groups in total. The number of thiol groups is 1. The maximum absolute atomic E-state index is 4.74. The van der Waals surface area contributed by atoms with Crippen molar-refractivity contribution in [1.29, 1.82) is 0 Å². The molecule has 0 saturated heterocycles. The fraction of sp³-hybridized carbons (Fsp3) is 0.667. The zero-order valence-electron chi connectivity index (χ0n) is 7.40. The van der Waals surface area contributed by atoms with Gasteiger partial charge in [-0.1, -0.05) is 6.08 Å². The van der Waals surface area contributed by atoms with Gasteiger partial charge in [0.05, 0.1) is 0 Å². The molecule has 0 spiro atoms. The van der Waals surface area contributed by atoms with Crippen molar-refractivity contribution in [3.05, 3.63) is 11.5 Å². The molecule has 0 aliphatic heterocycles. The van der Waals surface area contributed by atoms with Crippen LogP contribution >= 0.6 is 12.6 Å². The number of hydrogen-bond donors (Lipinski definition) is 1.